The van der Waals surface area contributed by atoms with E-state index < -0.39 is 10.0 Å². The Morgan fingerprint density at radius 1 is 1.40 bits per heavy atom. The average molecular weight is 298 g/mol. The standard InChI is InChI=1S/C12H18N4O3S/c1-2-13-10-11-4-5-12(19-11)20(17,18)15-7-9-16-8-3-6-14-16/h3-6,8,13,15H,2,7,9-10H2,1H3. The van der Waals surface area contributed by atoms with E-state index in [2.05, 4.69) is 15.1 Å². The van der Waals surface area contributed by atoms with Gasteiger partial charge in [0.05, 0.1) is 13.1 Å². The summed E-state index contributed by atoms with van der Waals surface area (Å²) in [5.74, 6) is 0.597. The summed E-state index contributed by atoms with van der Waals surface area (Å²) in [6, 6.07) is 4.90. The van der Waals surface area contributed by atoms with Gasteiger partial charge in [-0.15, -0.1) is 0 Å². The van der Waals surface area contributed by atoms with Gasteiger partial charge in [0.15, 0.2) is 0 Å². The van der Waals surface area contributed by atoms with E-state index in [1.54, 1.807) is 29.2 Å². The molecule has 2 aromatic heterocycles. The molecule has 0 saturated carbocycles. The molecule has 2 heterocycles. The molecule has 0 radical (unpaired) electrons. The zero-order valence-corrected chi connectivity index (χ0v) is 12.1. The first-order valence-corrected chi connectivity index (χ1v) is 7.86. The molecule has 0 atom stereocenters. The molecule has 0 unspecified atom stereocenters. The van der Waals surface area contributed by atoms with Crippen molar-refractivity contribution in [3.05, 3.63) is 36.4 Å². The van der Waals surface area contributed by atoms with Gasteiger partial charge in [-0.1, -0.05) is 6.92 Å². The summed E-state index contributed by atoms with van der Waals surface area (Å²) in [5.41, 5.74) is 0. The zero-order valence-electron chi connectivity index (χ0n) is 11.2. The number of nitrogens with one attached hydrogen (secondary N) is 2. The highest BCUT2D eigenvalue weighted by Crippen LogP contribution is 2.13. The van der Waals surface area contributed by atoms with Crippen molar-refractivity contribution in [2.24, 2.45) is 0 Å². The van der Waals surface area contributed by atoms with Gasteiger partial charge >= 0.3 is 0 Å². The van der Waals surface area contributed by atoms with Gasteiger partial charge in [0, 0.05) is 18.9 Å². The lowest BCUT2D eigenvalue weighted by atomic mass is 10.4. The maximum Gasteiger partial charge on any atom is 0.274 e. The molecule has 0 spiro atoms. The van der Waals surface area contributed by atoms with E-state index >= 15 is 0 Å². The molecule has 110 valence electrons. The van der Waals surface area contributed by atoms with Gasteiger partial charge in [0.2, 0.25) is 5.09 Å². The lowest BCUT2D eigenvalue weighted by Gasteiger charge is -2.04. The van der Waals surface area contributed by atoms with Crippen LogP contribution in [-0.4, -0.2) is 31.3 Å². The summed E-state index contributed by atoms with van der Waals surface area (Å²) in [6.07, 6.45) is 3.42. The van der Waals surface area contributed by atoms with Crippen molar-refractivity contribution in [1.29, 1.82) is 0 Å². The molecule has 2 N–H and O–H groups in total. The number of hydrogen-bond donors (Lipinski definition) is 2. The number of rotatable bonds is 8. The first-order chi connectivity index (χ1) is 9.62. The van der Waals surface area contributed by atoms with Crippen molar-refractivity contribution in [2.75, 3.05) is 13.1 Å². The highest BCUT2D eigenvalue weighted by molar-refractivity contribution is 7.89. The number of hydrogen-bond acceptors (Lipinski definition) is 5. The van der Waals surface area contributed by atoms with E-state index in [1.165, 1.54) is 6.07 Å². The van der Waals surface area contributed by atoms with Crippen LogP contribution < -0.4 is 10.0 Å². The van der Waals surface area contributed by atoms with Gasteiger partial charge in [-0.05, 0) is 24.7 Å². The average Bonchev–Trinajstić information content (AvgIpc) is 3.07. The summed E-state index contributed by atoms with van der Waals surface area (Å²) >= 11 is 0. The van der Waals surface area contributed by atoms with Crippen molar-refractivity contribution in [1.82, 2.24) is 19.8 Å². The number of sulfonamides is 1. The Labute approximate surface area is 118 Å². The maximum absolute atomic E-state index is 12.0. The fourth-order valence-electron chi connectivity index (χ4n) is 1.64. The molecule has 2 aromatic rings. The monoisotopic (exact) mass is 298 g/mol. The highest BCUT2D eigenvalue weighted by Gasteiger charge is 2.18. The van der Waals surface area contributed by atoms with Crippen LogP contribution in [0.15, 0.2) is 40.1 Å². The molecule has 0 saturated heterocycles. The van der Waals surface area contributed by atoms with Gasteiger partial charge in [-0.2, -0.15) is 5.10 Å². The van der Waals surface area contributed by atoms with Crippen molar-refractivity contribution in [3.8, 4) is 0 Å². The van der Waals surface area contributed by atoms with Crippen LogP contribution in [0, 0.1) is 0 Å². The SMILES string of the molecule is CCNCc1ccc(S(=O)(=O)NCCn2cccn2)o1. The normalized spacial score (nSPS) is 11.8. The van der Waals surface area contributed by atoms with Crippen LogP contribution in [0.5, 0.6) is 0 Å². The van der Waals surface area contributed by atoms with Gasteiger partial charge in [-0.25, -0.2) is 13.1 Å². The Balaban J connectivity index is 1.90. The molecule has 0 aliphatic carbocycles. The van der Waals surface area contributed by atoms with Gasteiger partial charge in [0.25, 0.3) is 10.0 Å². The van der Waals surface area contributed by atoms with Crippen molar-refractivity contribution in [2.45, 2.75) is 25.1 Å². The molecular weight excluding hydrogens is 280 g/mol. The molecule has 0 fully saturated rings. The summed E-state index contributed by atoms with van der Waals surface area (Å²) in [5, 5.41) is 7.00. The van der Waals surface area contributed by atoms with Crippen LogP contribution in [0.4, 0.5) is 0 Å². The van der Waals surface area contributed by atoms with E-state index in [9.17, 15) is 8.42 Å². The largest absolute Gasteiger partial charge is 0.447 e. The van der Waals surface area contributed by atoms with E-state index in [1.807, 2.05) is 6.92 Å². The molecule has 0 amide bonds. The van der Waals surface area contributed by atoms with Crippen molar-refractivity contribution in [3.63, 3.8) is 0 Å². The molecule has 0 aliphatic heterocycles. The van der Waals surface area contributed by atoms with Crippen molar-refractivity contribution >= 4 is 10.0 Å². The highest BCUT2D eigenvalue weighted by atomic mass is 32.2. The van der Waals surface area contributed by atoms with E-state index in [-0.39, 0.29) is 11.6 Å². The maximum atomic E-state index is 12.0. The Kier molecular flexibility index (Phi) is 4.94. The summed E-state index contributed by atoms with van der Waals surface area (Å²) in [7, 11) is -3.60. The molecular formula is C12H18N4O3S. The quantitative estimate of drug-likeness (QED) is 0.743. The Bertz CT molecular complexity index is 619. The number of nitrogens with zero attached hydrogens (tertiary/aromatic N) is 2. The first kappa shape index (κ1) is 14.8. The topological polar surface area (TPSA) is 89.2 Å². The molecule has 7 nitrogen and oxygen atoms in total. The minimum Gasteiger partial charge on any atom is -0.447 e. The van der Waals surface area contributed by atoms with E-state index in [0.717, 1.165) is 6.54 Å². The fourth-order valence-corrected chi connectivity index (χ4v) is 2.61. The second kappa shape index (κ2) is 6.69. The summed E-state index contributed by atoms with van der Waals surface area (Å²) < 4.78 is 33.4. The second-order valence-electron chi connectivity index (χ2n) is 4.17. The van der Waals surface area contributed by atoms with Crippen LogP contribution in [0.2, 0.25) is 0 Å². The second-order valence-corrected chi connectivity index (χ2v) is 5.87. The minimum absolute atomic E-state index is 0.0640. The van der Waals surface area contributed by atoms with Gasteiger partial charge in [-0.3, -0.25) is 4.68 Å². The molecule has 0 bridgehead atoms. The molecule has 2 rings (SSSR count). The van der Waals surface area contributed by atoms with E-state index in [0.29, 0.717) is 18.8 Å². The first-order valence-electron chi connectivity index (χ1n) is 6.38. The summed E-state index contributed by atoms with van der Waals surface area (Å²) in [4.78, 5) is 0. The molecule has 20 heavy (non-hydrogen) atoms. The van der Waals surface area contributed by atoms with Crippen LogP contribution in [0.25, 0.3) is 0 Å². The number of aromatic nitrogens is 2. The smallest absolute Gasteiger partial charge is 0.274 e. The Hall–Kier alpha value is -1.64. The third-order valence-electron chi connectivity index (χ3n) is 2.64. The predicted molar refractivity (Wildman–Crippen MR) is 73.5 cm³/mol. The Morgan fingerprint density at radius 2 is 2.25 bits per heavy atom. The van der Waals surface area contributed by atoms with Crippen LogP contribution in [0.1, 0.15) is 12.7 Å². The molecule has 0 aliphatic rings. The van der Waals surface area contributed by atoms with Crippen LogP contribution in [-0.2, 0) is 23.1 Å². The third kappa shape index (κ3) is 3.92. The Morgan fingerprint density at radius 3 is 2.95 bits per heavy atom. The minimum atomic E-state index is -3.60. The lowest BCUT2D eigenvalue weighted by molar-refractivity contribution is 0.401. The van der Waals surface area contributed by atoms with Gasteiger partial charge in [0.1, 0.15) is 5.76 Å². The number of furan rings is 1. The molecule has 8 heteroatoms. The third-order valence-corrected chi connectivity index (χ3v) is 3.98. The predicted octanol–water partition coefficient (Wildman–Crippen LogP) is 0.564. The van der Waals surface area contributed by atoms with Crippen LogP contribution >= 0.6 is 0 Å². The van der Waals surface area contributed by atoms with Crippen LogP contribution in [0.3, 0.4) is 0 Å². The lowest BCUT2D eigenvalue weighted by Crippen LogP contribution is -2.27. The van der Waals surface area contributed by atoms with E-state index in [4.69, 9.17) is 4.42 Å². The van der Waals surface area contributed by atoms with Gasteiger partial charge < -0.3 is 9.73 Å². The van der Waals surface area contributed by atoms with Crippen molar-refractivity contribution < 1.29 is 12.8 Å². The molecule has 0 aromatic carbocycles. The zero-order chi connectivity index (χ0) is 14.4. The fraction of sp³-hybridized carbons (Fsp3) is 0.417. The summed E-state index contributed by atoms with van der Waals surface area (Å²) in [6.45, 7) is 4.01.